The molecule has 23 heavy (non-hydrogen) atoms. The Bertz CT molecular complexity index is 864. The molecule has 0 aliphatic carbocycles. The van der Waals surface area contributed by atoms with Gasteiger partial charge in [-0.2, -0.15) is 0 Å². The Labute approximate surface area is 135 Å². The smallest absolute Gasteiger partial charge is 0.319 e. The highest BCUT2D eigenvalue weighted by Gasteiger charge is 2.15. The summed E-state index contributed by atoms with van der Waals surface area (Å²) in [7, 11) is 0. The number of rotatable bonds is 0. The summed E-state index contributed by atoms with van der Waals surface area (Å²) in [6.45, 7) is 2.65. The zero-order valence-corrected chi connectivity index (χ0v) is 13.0. The van der Waals surface area contributed by atoms with Crippen LogP contribution in [0.2, 0.25) is 0 Å². The summed E-state index contributed by atoms with van der Waals surface area (Å²) in [5.41, 5.74) is 8.40. The largest absolute Gasteiger partial charge is 0.364 e. The molecule has 1 aromatic heterocycles. The highest BCUT2D eigenvalue weighted by Crippen LogP contribution is 2.24. The first-order valence-electron chi connectivity index (χ1n) is 7.52. The second-order valence-corrected chi connectivity index (χ2v) is 5.41. The summed E-state index contributed by atoms with van der Waals surface area (Å²) < 4.78 is 0. The Balaban J connectivity index is 0.000000140. The zero-order valence-electron chi connectivity index (χ0n) is 13.0. The standard InChI is InChI=1S/C10H10N2O.C9H9N/c11-10(13)12-7-3-5-8-4-1-2-6-9(8)12;1-7-9-5-3-2-4-8(9)6-10-7/h1-6H,7H2,(H2,11,13);2-6,10H,1H3. The molecule has 2 heterocycles. The van der Waals surface area contributed by atoms with Gasteiger partial charge in [-0.1, -0.05) is 54.6 Å². The van der Waals surface area contributed by atoms with Crippen molar-refractivity contribution in [1.82, 2.24) is 4.98 Å². The van der Waals surface area contributed by atoms with Crippen LogP contribution in [0.5, 0.6) is 0 Å². The van der Waals surface area contributed by atoms with Gasteiger partial charge in [0.05, 0.1) is 5.69 Å². The Morgan fingerprint density at radius 2 is 1.87 bits per heavy atom. The molecule has 0 fully saturated rings. The molecular formula is C19H19N3O. The topological polar surface area (TPSA) is 62.1 Å². The molecule has 0 radical (unpaired) electrons. The van der Waals surface area contributed by atoms with Crippen molar-refractivity contribution in [2.24, 2.45) is 5.73 Å². The first-order chi connectivity index (χ1) is 11.2. The van der Waals surface area contributed by atoms with Crippen LogP contribution >= 0.6 is 0 Å². The van der Waals surface area contributed by atoms with E-state index in [4.69, 9.17) is 5.73 Å². The molecule has 4 heteroatoms. The van der Waals surface area contributed by atoms with Crippen LogP contribution in [0.4, 0.5) is 10.5 Å². The third-order valence-corrected chi connectivity index (χ3v) is 3.89. The molecule has 1 aliphatic heterocycles. The molecule has 116 valence electrons. The molecule has 0 saturated carbocycles. The minimum absolute atomic E-state index is 0.406. The van der Waals surface area contributed by atoms with Gasteiger partial charge in [0, 0.05) is 23.8 Å². The molecular weight excluding hydrogens is 286 g/mol. The number of urea groups is 1. The van der Waals surface area contributed by atoms with Crippen LogP contribution < -0.4 is 10.6 Å². The van der Waals surface area contributed by atoms with Gasteiger partial charge in [0.2, 0.25) is 0 Å². The van der Waals surface area contributed by atoms with Crippen LogP contribution in [0.3, 0.4) is 0 Å². The van der Waals surface area contributed by atoms with E-state index >= 15 is 0 Å². The summed E-state index contributed by atoms with van der Waals surface area (Å²) >= 11 is 0. The number of primary amides is 1. The summed E-state index contributed by atoms with van der Waals surface area (Å²) in [6.07, 6.45) is 5.95. The van der Waals surface area contributed by atoms with Crippen LogP contribution in [0.25, 0.3) is 16.8 Å². The first-order valence-corrected chi connectivity index (χ1v) is 7.52. The molecule has 2 amide bonds. The Kier molecular flexibility index (Phi) is 4.15. The van der Waals surface area contributed by atoms with E-state index in [1.807, 2.05) is 42.6 Å². The molecule has 0 bridgehead atoms. The average Bonchev–Trinajstić information content (AvgIpc) is 2.96. The number of nitrogens with two attached hydrogens (primary N) is 1. The molecule has 0 atom stereocenters. The van der Waals surface area contributed by atoms with E-state index in [2.05, 4.69) is 36.2 Å². The fourth-order valence-corrected chi connectivity index (χ4v) is 2.69. The van der Waals surface area contributed by atoms with Crippen LogP contribution in [-0.4, -0.2) is 17.6 Å². The van der Waals surface area contributed by atoms with Gasteiger partial charge in [-0.3, -0.25) is 4.90 Å². The maximum absolute atomic E-state index is 11.0. The van der Waals surface area contributed by atoms with Crippen LogP contribution in [0.1, 0.15) is 11.3 Å². The number of H-pyrrole nitrogens is 1. The molecule has 2 aromatic carbocycles. The van der Waals surface area contributed by atoms with Gasteiger partial charge in [0.15, 0.2) is 0 Å². The van der Waals surface area contributed by atoms with E-state index in [0.29, 0.717) is 6.54 Å². The molecule has 1 aliphatic rings. The van der Waals surface area contributed by atoms with E-state index in [1.165, 1.54) is 16.5 Å². The summed E-state index contributed by atoms with van der Waals surface area (Å²) in [5.74, 6) is 0. The molecule has 4 nitrogen and oxygen atoms in total. The van der Waals surface area contributed by atoms with Crippen molar-refractivity contribution in [2.45, 2.75) is 6.92 Å². The number of amides is 2. The SMILES string of the molecule is Cc1[nH]cc2ccccc12.NC(=O)N1CC=Cc2ccccc21. The predicted molar refractivity (Wildman–Crippen MR) is 95.4 cm³/mol. The van der Waals surface area contributed by atoms with Gasteiger partial charge in [-0.05, 0) is 23.9 Å². The molecule has 0 spiro atoms. The number of hydrogen-bond donors (Lipinski definition) is 2. The summed E-state index contributed by atoms with van der Waals surface area (Å²) in [4.78, 5) is 15.8. The van der Waals surface area contributed by atoms with E-state index in [1.54, 1.807) is 4.90 Å². The quantitative estimate of drug-likeness (QED) is 0.646. The lowest BCUT2D eigenvalue weighted by Gasteiger charge is -2.23. The highest BCUT2D eigenvalue weighted by molar-refractivity contribution is 5.94. The van der Waals surface area contributed by atoms with E-state index in [9.17, 15) is 4.79 Å². The van der Waals surface area contributed by atoms with Gasteiger partial charge in [0.25, 0.3) is 0 Å². The third kappa shape index (κ3) is 3.11. The van der Waals surface area contributed by atoms with Gasteiger partial charge >= 0.3 is 6.03 Å². The third-order valence-electron chi connectivity index (χ3n) is 3.89. The molecule has 3 aromatic rings. The van der Waals surface area contributed by atoms with Crippen LogP contribution in [-0.2, 0) is 0 Å². The number of nitrogens with one attached hydrogen (secondary N) is 1. The van der Waals surface area contributed by atoms with Crippen molar-refractivity contribution in [3.63, 3.8) is 0 Å². The second kappa shape index (κ2) is 6.40. The van der Waals surface area contributed by atoms with Gasteiger partial charge in [0.1, 0.15) is 0 Å². The Morgan fingerprint density at radius 3 is 2.65 bits per heavy atom. The maximum atomic E-state index is 11.0. The minimum Gasteiger partial charge on any atom is -0.364 e. The van der Waals surface area contributed by atoms with Gasteiger partial charge in [-0.15, -0.1) is 0 Å². The normalized spacial score (nSPS) is 12.5. The molecule has 0 unspecified atom stereocenters. The number of carbonyl (C=O) groups excluding carboxylic acids is 1. The lowest BCUT2D eigenvalue weighted by atomic mass is 10.1. The lowest BCUT2D eigenvalue weighted by molar-refractivity contribution is 0.254. The molecule has 0 saturated heterocycles. The number of hydrogen-bond acceptors (Lipinski definition) is 1. The predicted octanol–water partition coefficient (Wildman–Crippen LogP) is 4.07. The number of fused-ring (bicyclic) bond motifs is 2. The van der Waals surface area contributed by atoms with E-state index in [0.717, 1.165) is 11.3 Å². The number of aryl methyl sites for hydroxylation is 1. The number of anilines is 1. The molecule has 4 rings (SSSR count). The fourth-order valence-electron chi connectivity index (χ4n) is 2.69. The number of aromatic amines is 1. The van der Waals surface area contributed by atoms with Gasteiger partial charge in [-0.25, -0.2) is 4.79 Å². The summed E-state index contributed by atoms with van der Waals surface area (Å²) in [5, 5.41) is 2.61. The second-order valence-electron chi connectivity index (χ2n) is 5.41. The number of para-hydroxylation sites is 1. The number of nitrogens with zero attached hydrogens (tertiary/aromatic N) is 1. The number of benzene rings is 2. The van der Waals surface area contributed by atoms with Gasteiger partial charge < -0.3 is 10.7 Å². The van der Waals surface area contributed by atoms with E-state index in [-0.39, 0.29) is 0 Å². The zero-order chi connectivity index (χ0) is 16.2. The van der Waals surface area contributed by atoms with Crippen molar-refractivity contribution >= 4 is 28.6 Å². The lowest BCUT2D eigenvalue weighted by Crippen LogP contribution is -2.37. The average molecular weight is 305 g/mol. The Hall–Kier alpha value is -3.01. The minimum atomic E-state index is -0.406. The Morgan fingerprint density at radius 1 is 1.13 bits per heavy atom. The van der Waals surface area contributed by atoms with Crippen molar-refractivity contribution in [2.75, 3.05) is 11.4 Å². The van der Waals surface area contributed by atoms with E-state index < -0.39 is 6.03 Å². The first kappa shape index (κ1) is 14.9. The molecule has 3 N–H and O–H groups in total. The van der Waals surface area contributed by atoms with Crippen molar-refractivity contribution in [3.8, 4) is 0 Å². The summed E-state index contributed by atoms with van der Waals surface area (Å²) in [6, 6.07) is 15.6. The van der Waals surface area contributed by atoms with Crippen molar-refractivity contribution in [3.05, 3.63) is 72.1 Å². The highest BCUT2D eigenvalue weighted by atomic mass is 16.2. The van der Waals surface area contributed by atoms with Crippen molar-refractivity contribution < 1.29 is 4.79 Å². The van der Waals surface area contributed by atoms with Crippen molar-refractivity contribution in [1.29, 1.82) is 0 Å². The fraction of sp³-hybridized carbons (Fsp3) is 0.105. The monoisotopic (exact) mass is 305 g/mol. The number of aromatic nitrogens is 1. The number of carbonyl (C=O) groups is 1. The maximum Gasteiger partial charge on any atom is 0.319 e. The van der Waals surface area contributed by atoms with Crippen LogP contribution in [0, 0.1) is 6.92 Å². The van der Waals surface area contributed by atoms with Crippen LogP contribution in [0.15, 0.2) is 60.8 Å².